The number of aryl methyl sites for hydroxylation is 1. The summed E-state index contributed by atoms with van der Waals surface area (Å²) in [5.74, 6) is 0. The van der Waals surface area contributed by atoms with E-state index in [1.165, 1.54) is 5.56 Å². The van der Waals surface area contributed by atoms with E-state index in [0.717, 1.165) is 22.3 Å². The Morgan fingerprint density at radius 3 is 2.75 bits per heavy atom. The third kappa shape index (κ3) is 3.00. The van der Waals surface area contributed by atoms with Gasteiger partial charge in [0.1, 0.15) is 0 Å². The topological polar surface area (TPSA) is 0 Å². The van der Waals surface area contributed by atoms with Gasteiger partial charge in [0.25, 0.3) is 0 Å². The molecule has 0 fully saturated rings. The molecule has 0 radical (unpaired) electrons. The van der Waals surface area contributed by atoms with E-state index in [1.54, 1.807) is 0 Å². The number of halogens is 2. The summed E-state index contributed by atoms with van der Waals surface area (Å²) in [6.45, 7) is 3.68. The van der Waals surface area contributed by atoms with Crippen LogP contribution in [0.25, 0.3) is 0 Å². The van der Waals surface area contributed by atoms with E-state index in [0.29, 0.717) is 0 Å². The number of hydrogen-bond donors (Lipinski definition) is 0. The van der Waals surface area contributed by atoms with Crippen molar-refractivity contribution < 1.29 is 0 Å². The Morgan fingerprint density at radius 2 is 2.17 bits per heavy atom. The zero-order chi connectivity index (χ0) is 8.97. The molecule has 0 aromatic heterocycles. The van der Waals surface area contributed by atoms with E-state index >= 15 is 0 Å². The van der Waals surface area contributed by atoms with Crippen LogP contribution in [0.3, 0.4) is 0 Å². The molecule has 0 atom stereocenters. The molecule has 64 valence electrons. The standard InChI is InChI=1S/C10H10BrCl/c1-2-3-4-8-5-9(11)7-10(12)6-8/h2,5-7H,1,3-4H2. The van der Waals surface area contributed by atoms with E-state index < -0.39 is 0 Å². The SMILES string of the molecule is C=CCCc1cc(Cl)cc(Br)c1. The van der Waals surface area contributed by atoms with Crippen molar-refractivity contribution in [1.29, 1.82) is 0 Å². The molecule has 0 aliphatic rings. The van der Waals surface area contributed by atoms with Gasteiger partial charge in [0, 0.05) is 9.50 Å². The van der Waals surface area contributed by atoms with Crippen LogP contribution in [-0.2, 0) is 6.42 Å². The van der Waals surface area contributed by atoms with Gasteiger partial charge in [0.15, 0.2) is 0 Å². The predicted octanol–water partition coefficient (Wildman–Crippen LogP) is 4.22. The second kappa shape index (κ2) is 4.68. The van der Waals surface area contributed by atoms with Crippen molar-refractivity contribution in [3.8, 4) is 0 Å². The third-order valence-electron chi connectivity index (χ3n) is 1.56. The molecular weight excluding hydrogens is 235 g/mol. The van der Waals surface area contributed by atoms with Crippen LogP contribution < -0.4 is 0 Å². The quantitative estimate of drug-likeness (QED) is 0.700. The van der Waals surface area contributed by atoms with Crippen LogP contribution in [0.5, 0.6) is 0 Å². The van der Waals surface area contributed by atoms with Crippen molar-refractivity contribution >= 4 is 27.5 Å². The monoisotopic (exact) mass is 244 g/mol. The summed E-state index contributed by atoms with van der Waals surface area (Å²) in [6.07, 6.45) is 3.91. The zero-order valence-electron chi connectivity index (χ0n) is 6.69. The fourth-order valence-electron chi connectivity index (χ4n) is 1.02. The lowest BCUT2D eigenvalue weighted by Gasteiger charge is -2.00. The molecule has 12 heavy (non-hydrogen) atoms. The maximum Gasteiger partial charge on any atom is 0.0419 e. The van der Waals surface area contributed by atoms with Crippen molar-refractivity contribution in [2.24, 2.45) is 0 Å². The van der Waals surface area contributed by atoms with Gasteiger partial charge in [-0.2, -0.15) is 0 Å². The first-order valence-corrected chi connectivity index (χ1v) is 4.95. The minimum absolute atomic E-state index is 0.781. The number of allylic oxidation sites excluding steroid dienone is 1. The van der Waals surface area contributed by atoms with E-state index in [1.807, 2.05) is 18.2 Å². The first-order chi connectivity index (χ1) is 5.72. The average molecular weight is 246 g/mol. The molecule has 1 aromatic rings. The van der Waals surface area contributed by atoms with Crippen LogP contribution >= 0.6 is 27.5 Å². The van der Waals surface area contributed by atoms with Crippen LogP contribution in [0.2, 0.25) is 5.02 Å². The van der Waals surface area contributed by atoms with Crippen molar-refractivity contribution in [3.05, 3.63) is 45.9 Å². The normalized spacial score (nSPS) is 9.83. The van der Waals surface area contributed by atoms with Gasteiger partial charge in [-0.15, -0.1) is 6.58 Å². The van der Waals surface area contributed by atoms with Crippen molar-refractivity contribution in [3.63, 3.8) is 0 Å². The Morgan fingerprint density at radius 1 is 1.42 bits per heavy atom. The van der Waals surface area contributed by atoms with Crippen molar-refractivity contribution in [2.45, 2.75) is 12.8 Å². The average Bonchev–Trinajstić information content (AvgIpc) is 1.99. The van der Waals surface area contributed by atoms with E-state index in [4.69, 9.17) is 11.6 Å². The van der Waals surface area contributed by atoms with Gasteiger partial charge in [0.2, 0.25) is 0 Å². The molecule has 0 saturated carbocycles. The highest BCUT2D eigenvalue weighted by Gasteiger charge is 1.96. The molecule has 1 rings (SSSR count). The highest BCUT2D eigenvalue weighted by atomic mass is 79.9. The second-order valence-corrected chi connectivity index (χ2v) is 3.96. The maximum absolute atomic E-state index is 5.87. The van der Waals surface area contributed by atoms with Crippen molar-refractivity contribution in [1.82, 2.24) is 0 Å². The highest BCUT2D eigenvalue weighted by Crippen LogP contribution is 2.20. The molecule has 0 aliphatic carbocycles. The Kier molecular flexibility index (Phi) is 3.83. The van der Waals surface area contributed by atoms with Crippen LogP contribution in [0.4, 0.5) is 0 Å². The van der Waals surface area contributed by atoms with Gasteiger partial charge in [-0.3, -0.25) is 0 Å². The van der Waals surface area contributed by atoms with Crippen molar-refractivity contribution in [2.75, 3.05) is 0 Å². The molecule has 1 aromatic carbocycles. The fourth-order valence-corrected chi connectivity index (χ4v) is 1.95. The molecule has 0 aliphatic heterocycles. The molecule has 0 unspecified atom stereocenters. The van der Waals surface area contributed by atoms with E-state index in [2.05, 4.69) is 28.6 Å². The van der Waals surface area contributed by atoms with Crippen LogP contribution in [0.15, 0.2) is 35.3 Å². The van der Waals surface area contributed by atoms with Gasteiger partial charge in [-0.25, -0.2) is 0 Å². The highest BCUT2D eigenvalue weighted by molar-refractivity contribution is 9.10. The fraction of sp³-hybridized carbons (Fsp3) is 0.200. The minimum atomic E-state index is 0.781. The maximum atomic E-state index is 5.87. The van der Waals surface area contributed by atoms with Gasteiger partial charge in [-0.05, 0) is 36.6 Å². The first-order valence-electron chi connectivity index (χ1n) is 3.78. The summed E-state index contributed by atoms with van der Waals surface area (Å²) in [5.41, 5.74) is 1.24. The van der Waals surface area contributed by atoms with Gasteiger partial charge in [-0.1, -0.05) is 33.6 Å². The first kappa shape index (κ1) is 9.82. The Hall–Kier alpha value is -0.270. The lowest BCUT2D eigenvalue weighted by molar-refractivity contribution is 1.00. The molecular formula is C10H10BrCl. The molecule has 0 saturated heterocycles. The smallest absolute Gasteiger partial charge is 0.0419 e. The Labute approximate surface area is 86.4 Å². The minimum Gasteiger partial charge on any atom is -0.103 e. The predicted molar refractivity (Wildman–Crippen MR) is 57.7 cm³/mol. The second-order valence-electron chi connectivity index (χ2n) is 2.61. The molecule has 0 amide bonds. The van der Waals surface area contributed by atoms with Crippen LogP contribution in [-0.4, -0.2) is 0 Å². The Balaban J connectivity index is 2.78. The molecule has 2 heteroatoms. The largest absolute Gasteiger partial charge is 0.103 e. The van der Waals surface area contributed by atoms with Gasteiger partial charge in [0.05, 0.1) is 0 Å². The Bertz CT molecular complexity index is 261. The summed E-state index contributed by atoms with van der Waals surface area (Å²) >= 11 is 9.27. The van der Waals surface area contributed by atoms with Crippen LogP contribution in [0, 0.1) is 0 Å². The number of benzene rings is 1. The molecule has 0 bridgehead atoms. The van der Waals surface area contributed by atoms with Gasteiger partial charge < -0.3 is 0 Å². The number of hydrogen-bond acceptors (Lipinski definition) is 0. The third-order valence-corrected chi connectivity index (χ3v) is 2.24. The molecule has 0 spiro atoms. The summed E-state index contributed by atoms with van der Waals surface area (Å²) in [5, 5.41) is 0.781. The molecule has 0 N–H and O–H groups in total. The van der Waals surface area contributed by atoms with Gasteiger partial charge >= 0.3 is 0 Å². The summed E-state index contributed by atoms with van der Waals surface area (Å²) in [7, 11) is 0. The summed E-state index contributed by atoms with van der Waals surface area (Å²) < 4.78 is 1.04. The lowest BCUT2D eigenvalue weighted by Crippen LogP contribution is -1.83. The van der Waals surface area contributed by atoms with E-state index in [9.17, 15) is 0 Å². The van der Waals surface area contributed by atoms with E-state index in [-0.39, 0.29) is 0 Å². The zero-order valence-corrected chi connectivity index (χ0v) is 9.03. The molecule has 0 heterocycles. The van der Waals surface area contributed by atoms with Crippen LogP contribution in [0.1, 0.15) is 12.0 Å². The summed E-state index contributed by atoms with van der Waals surface area (Å²) in [4.78, 5) is 0. The lowest BCUT2D eigenvalue weighted by atomic mass is 10.1. The molecule has 0 nitrogen and oxygen atoms in total. The number of rotatable bonds is 3. The summed E-state index contributed by atoms with van der Waals surface area (Å²) in [6, 6.07) is 5.95.